The molecule has 8 heteroatoms. The Morgan fingerprint density at radius 2 is 2.04 bits per heavy atom. The van der Waals surface area contributed by atoms with Crippen molar-refractivity contribution in [1.82, 2.24) is 20.1 Å². The maximum Gasteiger partial charge on any atom is 0.284 e. The minimum Gasteiger partial charge on any atom is -0.394 e. The topological polar surface area (TPSA) is 97.1 Å². The fourth-order valence-electron chi connectivity index (χ4n) is 2.56. The number of carbonyl (C=O) groups is 1. The summed E-state index contributed by atoms with van der Waals surface area (Å²) in [6.45, 7) is 0.774. The van der Waals surface area contributed by atoms with Crippen molar-refractivity contribution in [3.05, 3.63) is 76.3 Å². The van der Waals surface area contributed by atoms with Crippen LogP contribution in [0.15, 0.2) is 59.7 Å². The van der Waals surface area contributed by atoms with Gasteiger partial charge in [-0.05, 0) is 30.7 Å². The smallest absolute Gasteiger partial charge is 0.284 e. The lowest BCUT2D eigenvalue weighted by Crippen LogP contribution is -2.39. The Kier molecular flexibility index (Phi) is 5.90. The van der Waals surface area contributed by atoms with E-state index < -0.39 is 24.2 Å². The van der Waals surface area contributed by atoms with Crippen molar-refractivity contribution < 1.29 is 14.3 Å². The first-order valence-electron chi connectivity index (χ1n) is 8.65. The molecule has 0 fully saturated rings. The van der Waals surface area contributed by atoms with Crippen LogP contribution in [0.3, 0.4) is 0 Å². The van der Waals surface area contributed by atoms with Gasteiger partial charge < -0.3 is 10.4 Å². The van der Waals surface area contributed by atoms with Crippen molar-refractivity contribution in [3.63, 3.8) is 0 Å². The van der Waals surface area contributed by atoms with Crippen LogP contribution in [0.1, 0.15) is 22.8 Å². The molecule has 28 heavy (non-hydrogen) atoms. The number of aliphatic hydroxyl groups excluding tert-OH is 1. The molecule has 1 amide bonds. The Bertz CT molecular complexity index is 1020. The molecule has 3 aromatic rings. The average Bonchev–Trinajstić information content (AvgIpc) is 2.74. The molecule has 0 aliphatic carbocycles. The SMILES string of the molecule is CC(CO)NC(=O)c1cc(-c2ccc(CF)cc2)nn(-c2cccnc2)c1=O. The van der Waals surface area contributed by atoms with Crippen molar-refractivity contribution in [2.45, 2.75) is 19.6 Å². The number of nitrogens with zero attached hydrogens (tertiary/aromatic N) is 3. The molecule has 7 nitrogen and oxygen atoms in total. The zero-order valence-corrected chi connectivity index (χ0v) is 15.2. The number of hydrogen-bond donors (Lipinski definition) is 2. The second-order valence-electron chi connectivity index (χ2n) is 6.26. The lowest BCUT2D eigenvalue weighted by Gasteiger charge is -2.13. The van der Waals surface area contributed by atoms with Crippen molar-refractivity contribution >= 4 is 5.91 Å². The Balaban J connectivity index is 2.15. The highest BCUT2D eigenvalue weighted by Gasteiger charge is 2.18. The average molecular weight is 382 g/mol. The summed E-state index contributed by atoms with van der Waals surface area (Å²) in [5, 5.41) is 16.1. The molecule has 0 aliphatic rings. The molecule has 0 aliphatic heterocycles. The molecule has 2 aromatic heterocycles. The van der Waals surface area contributed by atoms with Gasteiger partial charge in [-0.3, -0.25) is 14.6 Å². The van der Waals surface area contributed by atoms with Crippen molar-refractivity contribution in [2.24, 2.45) is 0 Å². The molecule has 2 N–H and O–H groups in total. The summed E-state index contributed by atoms with van der Waals surface area (Å²) in [4.78, 5) is 29.4. The van der Waals surface area contributed by atoms with Crippen LogP contribution in [0.25, 0.3) is 16.9 Å². The van der Waals surface area contributed by atoms with Gasteiger partial charge >= 0.3 is 0 Å². The number of nitrogens with one attached hydrogen (secondary N) is 1. The first-order valence-corrected chi connectivity index (χ1v) is 8.65. The van der Waals surface area contributed by atoms with Gasteiger partial charge in [0.25, 0.3) is 11.5 Å². The van der Waals surface area contributed by atoms with Gasteiger partial charge in [0.15, 0.2) is 0 Å². The number of alkyl halides is 1. The van der Waals surface area contributed by atoms with E-state index >= 15 is 0 Å². The Morgan fingerprint density at radius 1 is 1.29 bits per heavy atom. The van der Waals surface area contributed by atoms with E-state index in [4.69, 9.17) is 5.11 Å². The second kappa shape index (κ2) is 8.53. The summed E-state index contributed by atoms with van der Waals surface area (Å²) in [6, 6.07) is 10.8. The number of hydrogen-bond acceptors (Lipinski definition) is 5. The van der Waals surface area contributed by atoms with Crippen LogP contribution in [0.4, 0.5) is 4.39 Å². The van der Waals surface area contributed by atoms with Crippen LogP contribution in [0.2, 0.25) is 0 Å². The van der Waals surface area contributed by atoms with Crippen LogP contribution in [-0.2, 0) is 6.67 Å². The van der Waals surface area contributed by atoms with Gasteiger partial charge in [0.2, 0.25) is 0 Å². The first-order chi connectivity index (χ1) is 13.5. The number of amides is 1. The molecule has 144 valence electrons. The van der Waals surface area contributed by atoms with Gasteiger partial charge in [0, 0.05) is 17.8 Å². The van der Waals surface area contributed by atoms with E-state index in [-0.39, 0.29) is 12.2 Å². The minimum absolute atomic E-state index is 0.122. The zero-order valence-electron chi connectivity index (χ0n) is 15.2. The molecule has 0 bridgehead atoms. The molecular formula is C20H19FN4O3. The van der Waals surface area contributed by atoms with E-state index in [0.29, 0.717) is 22.5 Å². The van der Waals surface area contributed by atoms with Gasteiger partial charge in [0.05, 0.1) is 24.2 Å². The lowest BCUT2D eigenvalue weighted by atomic mass is 10.1. The molecule has 1 aromatic carbocycles. The van der Waals surface area contributed by atoms with Gasteiger partial charge in [-0.1, -0.05) is 24.3 Å². The number of benzene rings is 1. The summed E-state index contributed by atoms with van der Waals surface area (Å²) in [5.41, 5.74) is 1.18. The predicted octanol–water partition coefficient (Wildman–Crippen LogP) is 1.87. The van der Waals surface area contributed by atoms with Crippen LogP contribution in [0.5, 0.6) is 0 Å². The van der Waals surface area contributed by atoms with E-state index in [2.05, 4.69) is 15.4 Å². The fourth-order valence-corrected chi connectivity index (χ4v) is 2.56. The summed E-state index contributed by atoms with van der Waals surface area (Å²) in [6.07, 6.45) is 3.02. The largest absolute Gasteiger partial charge is 0.394 e. The van der Waals surface area contributed by atoms with Crippen molar-refractivity contribution in [1.29, 1.82) is 0 Å². The number of halogens is 1. The maximum absolute atomic E-state index is 12.9. The van der Waals surface area contributed by atoms with Crippen molar-refractivity contribution in [3.8, 4) is 16.9 Å². The van der Waals surface area contributed by atoms with Gasteiger partial charge in [-0.2, -0.15) is 9.78 Å². The predicted molar refractivity (Wildman–Crippen MR) is 102 cm³/mol. The Labute approximate surface area is 160 Å². The third-order valence-electron chi connectivity index (χ3n) is 4.10. The molecule has 0 spiro atoms. The van der Waals surface area contributed by atoms with Crippen LogP contribution >= 0.6 is 0 Å². The quantitative estimate of drug-likeness (QED) is 0.678. The first kappa shape index (κ1) is 19.4. The summed E-state index contributed by atoms with van der Waals surface area (Å²) < 4.78 is 13.9. The van der Waals surface area contributed by atoms with E-state index in [1.165, 1.54) is 12.3 Å². The van der Waals surface area contributed by atoms with E-state index in [1.54, 1.807) is 49.5 Å². The molecule has 3 rings (SSSR count). The summed E-state index contributed by atoms with van der Waals surface area (Å²) in [5.74, 6) is -0.617. The molecule has 0 radical (unpaired) electrons. The number of rotatable bonds is 6. The summed E-state index contributed by atoms with van der Waals surface area (Å²) in [7, 11) is 0. The third-order valence-corrected chi connectivity index (χ3v) is 4.10. The van der Waals surface area contributed by atoms with Crippen molar-refractivity contribution in [2.75, 3.05) is 6.61 Å². The van der Waals surface area contributed by atoms with Gasteiger partial charge in [-0.15, -0.1) is 0 Å². The highest BCUT2D eigenvalue weighted by molar-refractivity contribution is 5.95. The second-order valence-corrected chi connectivity index (χ2v) is 6.26. The fraction of sp³-hybridized carbons (Fsp3) is 0.200. The molecule has 0 saturated carbocycles. The van der Waals surface area contributed by atoms with E-state index in [9.17, 15) is 14.0 Å². The molecule has 2 heterocycles. The van der Waals surface area contributed by atoms with E-state index in [0.717, 1.165) is 4.68 Å². The maximum atomic E-state index is 12.9. The van der Waals surface area contributed by atoms with Crippen LogP contribution in [0, 0.1) is 0 Å². The standard InChI is InChI=1S/C20H19FN4O3/c1-13(12-26)23-19(27)17-9-18(15-6-4-14(10-21)5-7-15)24-25(20(17)28)16-3-2-8-22-11-16/h2-9,11,13,26H,10,12H2,1H3,(H,23,27). The normalized spacial score (nSPS) is 11.8. The third kappa shape index (κ3) is 4.12. The van der Waals surface area contributed by atoms with Gasteiger partial charge in [-0.25, -0.2) is 4.39 Å². The summed E-state index contributed by atoms with van der Waals surface area (Å²) >= 11 is 0. The van der Waals surface area contributed by atoms with Gasteiger partial charge in [0.1, 0.15) is 12.2 Å². The van der Waals surface area contributed by atoms with Crippen LogP contribution in [-0.4, -0.2) is 38.4 Å². The molecule has 1 atom stereocenters. The zero-order chi connectivity index (χ0) is 20.1. The highest BCUT2D eigenvalue weighted by Crippen LogP contribution is 2.19. The molecule has 1 unspecified atom stereocenters. The number of carbonyl (C=O) groups excluding carboxylic acids is 1. The number of aliphatic hydroxyl groups is 1. The molecule has 0 saturated heterocycles. The Hall–Kier alpha value is -3.39. The molecular weight excluding hydrogens is 363 g/mol. The number of pyridine rings is 1. The number of aromatic nitrogens is 3. The van der Waals surface area contributed by atoms with E-state index in [1.807, 2.05) is 0 Å². The highest BCUT2D eigenvalue weighted by atomic mass is 19.1. The Morgan fingerprint density at radius 3 is 2.64 bits per heavy atom. The van der Waals surface area contributed by atoms with Crippen LogP contribution < -0.4 is 10.9 Å². The monoisotopic (exact) mass is 382 g/mol. The lowest BCUT2D eigenvalue weighted by molar-refractivity contribution is 0.0920. The minimum atomic E-state index is -0.617.